The molecule has 102 valence electrons. The molecule has 2 nitrogen and oxygen atoms in total. The molecule has 0 aliphatic rings. The fraction of sp³-hybridized carbons (Fsp3) is 0.176. The number of benzene rings is 2. The van der Waals surface area contributed by atoms with Crippen molar-refractivity contribution in [2.45, 2.75) is 13.5 Å². The van der Waals surface area contributed by atoms with Crippen molar-refractivity contribution < 1.29 is 9.47 Å². The molecule has 0 amide bonds. The van der Waals surface area contributed by atoms with Gasteiger partial charge in [-0.1, -0.05) is 12.1 Å². The number of hydrogen-bond donors (Lipinski definition) is 0. The number of fused-ring (bicyclic) bond motifs is 1. The molecule has 3 rings (SSSR count). The van der Waals surface area contributed by atoms with Crippen molar-refractivity contribution in [2.75, 3.05) is 7.11 Å². The van der Waals surface area contributed by atoms with Crippen LogP contribution in [-0.2, 0) is 6.61 Å². The Morgan fingerprint density at radius 2 is 1.75 bits per heavy atom. The molecular weight excluding hydrogens is 268 g/mol. The first kappa shape index (κ1) is 13.0. The van der Waals surface area contributed by atoms with Crippen LogP contribution < -0.4 is 9.47 Å². The van der Waals surface area contributed by atoms with Crippen molar-refractivity contribution in [3.05, 3.63) is 59.0 Å². The quantitative estimate of drug-likeness (QED) is 0.685. The Balaban J connectivity index is 1.74. The molecule has 0 unspecified atom stereocenters. The smallest absolute Gasteiger partial charge is 0.122 e. The summed E-state index contributed by atoms with van der Waals surface area (Å²) < 4.78 is 12.3. The minimum atomic E-state index is 0.602. The van der Waals surface area contributed by atoms with Crippen LogP contribution in [-0.4, -0.2) is 7.11 Å². The Labute approximate surface area is 122 Å². The molecule has 20 heavy (non-hydrogen) atoms. The molecule has 3 aromatic rings. The molecule has 1 heterocycles. The molecule has 0 radical (unpaired) electrons. The molecule has 0 N–H and O–H groups in total. The number of aryl methyl sites for hydroxylation is 1. The van der Waals surface area contributed by atoms with Crippen LogP contribution in [0.4, 0.5) is 0 Å². The van der Waals surface area contributed by atoms with E-state index >= 15 is 0 Å². The minimum Gasteiger partial charge on any atom is -0.497 e. The molecule has 0 saturated carbocycles. The predicted molar refractivity (Wildman–Crippen MR) is 83.9 cm³/mol. The topological polar surface area (TPSA) is 18.5 Å². The average Bonchev–Trinajstić information content (AvgIpc) is 2.90. The lowest BCUT2D eigenvalue weighted by atomic mass is 10.1. The van der Waals surface area contributed by atoms with Gasteiger partial charge < -0.3 is 9.47 Å². The third-order valence-electron chi connectivity index (χ3n) is 3.27. The summed E-state index contributed by atoms with van der Waals surface area (Å²) in [5.41, 5.74) is 1.31. The maximum Gasteiger partial charge on any atom is 0.122 e. The summed E-state index contributed by atoms with van der Waals surface area (Å²) in [6.45, 7) is 2.74. The molecule has 0 fully saturated rings. The minimum absolute atomic E-state index is 0.602. The summed E-state index contributed by atoms with van der Waals surface area (Å²) in [6.07, 6.45) is 0. The van der Waals surface area contributed by atoms with Crippen molar-refractivity contribution in [3.8, 4) is 11.5 Å². The van der Waals surface area contributed by atoms with Gasteiger partial charge in [-0.05, 0) is 54.3 Å². The highest BCUT2D eigenvalue weighted by Crippen LogP contribution is 2.29. The lowest BCUT2D eigenvalue weighted by Gasteiger charge is -2.05. The molecule has 0 bridgehead atoms. The predicted octanol–water partition coefficient (Wildman–Crippen LogP) is 4.80. The highest BCUT2D eigenvalue weighted by molar-refractivity contribution is 7.19. The Morgan fingerprint density at radius 3 is 2.45 bits per heavy atom. The van der Waals surface area contributed by atoms with Crippen LogP contribution >= 0.6 is 11.3 Å². The van der Waals surface area contributed by atoms with E-state index in [0.29, 0.717) is 6.61 Å². The van der Waals surface area contributed by atoms with E-state index < -0.39 is 0 Å². The maximum atomic E-state index is 5.82. The summed E-state index contributed by atoms with van der Waals surface area (Å²) in [5.74, 6) is 1.70. The number of thiophene rings is 1. The van der Waals surface area contributed by atoms with Gasteiger partial charge in [0.25, 0.3) is 0 Å². The molecule has 0 atom stereocenters. The number of methoxy groups -OCH3 is 1. The van der Waals surface area contributed by atoms with Gasteiger partial charge in [-0.25, -0.2) is 0 Å². The summed E-state index contributed by atoms with van der Waals surface area (Å²) in [7, 11) is 1.66. The van der Waals surface area contributed by atoms with Crippen LogP contribution in [0.25, 0.3) is 10.1 Å². The summed E-state index contributed by atoms with van der Waals surface area (Å²) >= 11 is 1.79. The fourth-order valence-electron chi connectivity index (χ4n) is 2.16. The van der Waals surface area contributed by atoms with Gasteiger partial charge in [0.1, 0.15) is 18.1 Å². The average molecular weight is 284 g/mol. The van der Waals surface area contributed by atoms with E-state index in [9.17, 15) is 0 Å². The second kappa shape index (κ2) is 5.55. The summed E-state index contributed by atoms with van der Waals surface area (Å²) in [4.78, 5) is 1.24. The van der Waals surface area contributed by atoms with Crippen molar-refractivity contribution in [3.63, 3.8) is 0 Å². The van der Waals surface area contributed by atoms with Gasteiger partial charge in [-0.3, -0.25) is 0 Å². The number of hydrogen-bond acceptors (Lipinski definition) is 3. The van der Waals surface area contributed by atoms with Crippen molar-refractivity contribution >= 4 is 21.4 Å². The monoisotopic (exact) mass is 284 g/mol. The van der Waals surface area contributed by atoms with Crippen LogP contribution in [0.15, 0.2) is 48.5 Å². The van der Waals surface area contributed by atoms with Gasteiger partial charge in [0.2, 0.25) is 0 Å². The lowest BCUT2D eigenvalue weighted by molar-refractivity contribution is 0.309. The molecule has 0 aliphatic carbocycles. The van der Waals surface area contributed by atoms with Crippen LogP contribution in [0.3, 0.4) is 0 Å². The Morgan fingerprint density at radius 1 is 1.00 bits per heavy atom. The summed E-state index contributed by atoms with van der Waals surface area (Å²) in [5, 5.41) is 1.32. The first-order chi connectivity index (χ1) is 9.76. The molecule has 2 aromatic carbocycles. The molecule has 0 spiro atoms. The summed E-state index contributed by atoms with van der Waals surface area (Å²) in [6, 6.07) is 16.3. The van der Waals surface area contributed by atoms with Gasteiger partial charge >= 0.3 is 0 Å². The van der Waals surface area contributed by atoms with E-state index in [0.717, 1.165) is 11.5 Å². The van der Waals surface area contributed by atoms with Crippen LogP contribution in [0.2, 0.25) is 0 Å². The van der Waals surface area contributed by atoms with Crippen LogP contribution in [0.1, 0.15) is 10.4 Å². The van der Waals surface area contributed by atoms with E-state index in [-0.39, 0.29) is 0 Å². The van der Waals surface area contributed by atoms with Gasteiger partial charge in [-0.2, -0.15) is 0 Å². The highest BCUT2D eigenvalue weighted by Gasteiger charge is 2.04. The third-order valence-corrected chi connectivity index (χ3v) is 4.34. The van der Waals surface area contributed by atoms with Crippen molar-refractivity contribution in [2.24, 2.45) is 0 Å². The van der Waals surface area contributed by atoms with Crippen molar-refractivity contribution in [1.82, 2.24) is 0 Å². The SMILES string of the molecule is COc1ccc(OCc2cc3c(C)cccc3s2)cc1. The lowest BCUT2D eigenvalue weighted by Crippen LogP contribution is -1.92. The maximum absolute atomic E-state index is 5.82. The van der Waals surface area contributed by atoms with Crippen LogP contribution in [0, 0.1) is 6.92 Å². The molecule has 0 aliphatic heterocycles. The fourth-order valence-corrected chi connectivity index (χ4v) is 3.21. The first-order valence-electron chi connectivity index (χ1n) is 6.51. The standard InChI is InChI=1S/C17H16O2S/c1-12-4-3-5-17-16(12)10-15(20-17)11-19-14-8-6-13(18-2)7-9-14/h3-10H,11H2,1-2H3. The zero-order valence-electron chi connectivity index (χ0n) is 11.6. The van der Waals surface area contributed by atoms with Crippen molar-refractivity contribution in [1.29, 1.82) is 0 Å². The van der Waals surface area contributed by atoms with E-state index in [1.165, 1.54) is 20.5 Å². The Kier molecular flexibility index (Phi) is 3.61. The highest BCUT2D eigenvalue weighted by atomic mass is 32.1. The Bertz CT molecular complexity index is 713. The van der Waals surface area contributed by atoms with Crippen LogP contribution in [0.5, 0.6) is 11.5 Å². The molecule has 0 saturated heterocycles. The van der Waals surface area contributed by atoms with E-state index in [2.05, 4.69) is 31.2 Å². The molecular formula is C17H16O2S. The largest absolute Gasteiger partial charge is 0.497 e. The second-order valence-corrected chi connectivity index (χ2v) is 5.83. The normalized spacial score (nSPS) is 10.7. The van der Waals surface area contributed by atoms with Gasteiger partial charge in [-0.15, -0.1) is 11.3 Å². The van der Waals surface area contributed by atoms with Gasteiger partial charge in [0.05, 0.1) is 7.11 Å². The zero-order chi connectivity index (χ0) is 13.9. The van der Waals surface area contributed by atoms with E-state index in [4.69, 9.17) is 9.47 Å². The number of rotatable bonds is 4. The third kappa shape index (κ3) is 2.63. The first-order valence-corrected chi connectivity index (χ1v) is 7.33. The van der Waals surface area contributed by atoms with Gasteiger partial charge in [0.15, 0.2) is 0 Å². The van der Waals surface area contributed by atoms with Gasteiger partial charge in [0, 0.05) is 9.58 Å². The molecule has 3 heteroatoms. The van der Waals surface area contributed by atoms with E-state index in [1.54, 1.807) is 18.4 Å². The van der Waals surface area contributed by atoms with E-state index in [1.807, 2.05) is 24.3 Å². The zero-order valence-corrected chi connectivity index (χ0v) is 12.4. The number of ether oxygens (including phenoxy) is 2. The second-order valence-electron chi connectivity index (χ2n) is 4.66. The Hall–Kier alpha value is -2.00. The molecule has 1 aromatic heterocycles.